The lowest BCUT2D eigenvalue weighted by Gasteiger charge is -2.60. The van der Waals surface area contributed by atoms with Crippen LogP contribution in [0.25, 0.3) is 0 Å². The Morgan fingerprint density at radius 2 is 1.96 bits per heavy atom. The van der Waals surface area contributed by atoms with Crippen LogP contribution in [0.3, 0.4) is 0 Å². The van der Waals surface area contributed by atoms with Crippen molar-refractivity contribution in [2.24, 2.45) is 17.8 Å². The average Bonchev–Trinajstić information content (AvgIpc) is 3.19. The summed E-state index contributed by atoms with van der Waals surface area (Å²) in [6, 6.07) is 7.71. The highest BCUT2D eigenvalue weighted by atomic mass is 16.6. The van der Waals surface area contributed by atoms with Gasteiger partial charge in [0.15, 0.2) is 0 Å². The van der Waals surface area contributed by atoms with Gasteiger partial charge in [-0.15, -0.1) is 0 Å². The number of hydrogen-bond donors (Lipinski definition) is 0. The summed E-state index contributed by atoms with van der Waals surface area (Å²) >= 11 is 0. The Morgan fingerprint density at radius 1 is 1.14 bits per heavy atom. The minimum absolute atomic E-state index is 0.0829. The number of ether oxygens (including phenoxy) is 2. The van der Waals surface area contributed by atoms with Crippen LogP contribution in [0, 0.1) is 17.8 Å². The largest absolute Gasteiger partial charge is 0.450 e. The van der Waals surface area contributed by atoms with Crippen molar-refractivity contribution in [3.8, 4) is 0 Å². The summed E-state index contributed by atoms with van der Waals surface area (Å²) in [5.41, 5.74) is 2.74. The number of carbonyl (C=O) groups is 2. The molecule has 0 radical (unpaired) electrons. The second kappa shape index (κ2) is 6.33. The summed E-state index contributed by atoms with van der Waals surface area (Å²) in [5, 5.41) is 0. The maximum absolute atomic E-state index is 12.9. The van der Waals surface area contributed by atoms with Crippen molar-refractivity contribution < 1.29 is 19.1 Å². The Hall–Kier alpha value is -2.36. The molecule has 0 saturated heterocycles. The average molecular weight is 378 g/mol. The van der Waals surface area contributed by atoms with Crippen molar-refractivity contribution >= 4 is 11.9 Å². The van der Waals surface area contributed by atoms with E-state index in [2.05, 4.69) is 13.8 Å². The van der Waals surface area contributed by atoms with Crippen LogP contribution in [0.5, 0.6) is 0 Å². The summed E-state index contributed by atoms with van der Waals surface area (Å²) in [6.07, 6.45) is 7.90. The molecule has 4 nitrogen and oxygen atoms in total. The van der Waals surface area contributed by atoms with Crippen LogP contribution in [-0.2, 0) is 19.9 Å². The third-order valence-corrected chi connectivity index (χ3v) is 7.09. The van der Waals surface area contributed by atoms with Gasteiger partial charge in [0.05, 0.1) is 11.1 Å². The van der Waals surface area contributed by atoms with E-state index in [1.54, 1.807) is 0 Å². The molecule has 28 heavy (non-hydrogen) atoms. The van der Waals surface area contributed by atoms with Gasteiger partial charge in [0.1, 0.15) is 11.4 Å². The topological polar surface area (TPSA) is 52.6 Å². The first kappa shape index (κ1) is 17.7. The summed E-state index contributed by atoms with van der Waals surface area (Å²) < 4.78 is 11.8. The molecule has 2 aliphatic heterocycles. The maximum Gasteiger partial charge on any atom is 0.340 e. The van der Waals surface area contributed by atoms with Gasteiger partial charge in [-0.2, -0.15) is 0 Å². The number of carbonyl (C=O) groups excluding carboxylic acids is 2. The molecule has 4 aliphatic rings. The summed E-state index contributed by atoms with van der Waals surface area (Å²) in [7, 11) is 0. The van der Waals surface area contributed by atoms with Gasteiger partial charge in [-0.05, 0) is 43.7 Å². The second-order valence-corrected chi connectivity index (χ2v) is 8.44. The van der Waals surface area contributed by atoms with E-state index < -0.39 is 5.60 Å². The molecule has 0 amide bonds. The highest BCUT2D eigenvalue weighted by Gasteiger charge is 2.71. The maximum atomic E-state index is 12.9. The molecule has 1 spiro atoms. The van der Waals surface area contributed by atoms with Crippen molar-refractivity contribution in [3.05, 3.63) is 58.4 Å². The van der Waals surface area contributed by atoms with Crippen LogP contribution < -0.4 is 0 Å². The summed E-state index contributed by atoms with van der Waals surface area (Å²) in [6.45, 7) is 4.29. The monoisotopic (exact) mass is 378 g/mol. The Bertz CT molecular complexity index is 924. The summed E-state index contributed by atoms with van der Waals surface area (Å²) in [5.74, 6) is 0.807. The zero-order valence-electron chi connectivity index (χ0n) is 16.5. The van der Waals surface area contributed by atoms with Crippen molar-refractivity contribution in [2.45, 2.75) is 58.0 Å². The van der Waals surface area contributed by atoms with E-state index in [4.69, 9.17) is 9.47 Å². The molecule has 1 fully saturated rings. The molecular formula is C24H26O4. The van der Waals surface area contributed by atoms with Crippen LogP contribution in [0.15, 0.2) is 47.2 Å². The first-order valence-electron chi connectivity index (χ1n) is 10.6. The van der Waals surface area contributed by atoms with Gasteiger partial charge in [0.25, 0.3) is 0 Å². The van der Waals surface area contributed by atoms with Crippen LogP contribution in [0.1, 0.15) is 68.3 Å². The van der Waals surface area contributed by atoms with E-state index in [0.717, 1.165) is 61.0 Å². The molecule has 5 rings (SSSR count). The molecule has 0 bridgehead atoms. The number of rotatable bonds is 4. The van der Waals surface area contributed by atoms with Gasteiger partial charge in [0, 0.05) is 23.0 Å². The molecule has 1 saturated carbocycles. The highest BCUT2D eigenvalue weighted by Crippen LogP contribution is 2.69. The fourth-order valence-electron chi connectivity index (χ4n) is 6.08. The van der Waals surface area contributed by atoms with Gasteiger partial charge in [-0.1, -0.05) is 44.9 Å². The van der Waals surface area contributed by atoms with E-state index in [9.17, 15) is 9.59 Å². The lowest BCUT2D eigenvalue weighted by molar-refractivity contribution is -0.195. The number of allylic oxidation sites excluding steroid dienone is 2. The SMILES string of the molecule is CCCC=C1OC(=O)C2=C1CC[C@H]1[C@@H](CCC)[C@@]3(OC(=O)c4ccccc43)[C@@H]21. The van der Waals surface area contributed by atoms with Crippen molar-refractivity contribution in [1.29, 1.82) is 0 Å². The molecular weight excluding hydrogens is 352 g/mol. The van der Waals surface area contributed by atoms with E-state index >= 15 is 0 Å². The lowest BCUT2D eigenvalue weighted by atomic mass is 9.45. The number of cyclic esters (lactones) is 1. The van der Waals surface area contributed by atoms with E-state index in [0.29, 0.717) is 11.5 Å². The number of unbranched alkanes of at least 4 members (excludes halogenated alkanes) is 1. The molecule has 2 heterocycles. The van der Waals surface area contributed by atoms with E-state index in [1.165, 1.54) is 0 Å². The first-order chi connectivity index (χ1) is 13.6. The first-order valence-corrected chi connectivity index (χ1v) is 10.6. The van der Waals surface area contributed by atoms with Gasteiger partial charge in [-0.3, -0.25) is 0 Å². The molecule has 1 aromatic carbocycles. The smallest absolute Gasteiger partial charge is 0.340 e. The quantitative estimate of drug-likeness (QED) is 0.688. The standard InChI is InChI=1S/C24H26O4/c1-3-5-11-19-16-13-12-14-17(8-4-2)24(21(14)20(16)23(26)27-19)18-10-7-6-9-15(18)22(25)28-24/h6-7,9-11,14,17,21H,3-5,8,12-13H2,1-2H3/t14-,17+,21+,24-/m0/s1. The third-order valence-electron chi connectivity index (χ3n) is 7.09. The van der Waals surface area contributed by atoms with Gasteiger partial charge < -0.3 is 9.47 Å². The predicted octanol–water partition coefficient (Wildman–Crippen LogP) is 5.05. The molecule has 2 aliphatic carbocycles. The third kappa shape index (κ3) is 2.12. The zero-order valence-corrected chi connectivity index (χ0v) is 16.5. The predicted molar refractivity (Wildman–Crippen MR) is 104 cm³/mol. The minimum Gasteiger partial charge on any atom is -0.450 e. The van der Waals surface area contributed by atoms with Crippen LogP contribution >= 0.6 is 0 Å². The molecule has 1 aromatic rings. The van der Waals surface area contributed by atoms with Crippen LogP contribution in [-0.4, -0.2) is 11.9 Å². The Kier molecular flexibility index (Phi) is 4.01. The fourth-order valence-corrected chi connectivity index (χ4v) is 6.08. The van der Waals surface area contributed by atoms with Gasteiger partial charge >= 0.3 is 11.9 Å². The molecule has 4 atom stereocenters. The Labute approximate surface area is 165 Å². The van der Waals surface area contributed by atoms with Gasteiger partial charge in [-0.25, -0.2) is 9.59 Å². The van der Waals surface area contributed by atoms with Crippen molar-refractivity contribution in [2.75, 3.05) is 0 Å². The molecule has 0 aromatic heterocycles. The van der Waals surface area contributed by atoms with E-state index in [1.807, 2.05) is 30.3 Å². The Balaban J connectivity index is 1.65. The van der Waals surface area contributed by atoms with Crippen molar-refractivity contribution in [3.63, 3.8) is 0 Å². The Morgan fingerprint density at radius 3 is 2.75 bits per heavy atom. The fraction of sp³-hybridized carbons (Fsp3) is 0.500. The number of benzene rings is 1. The number of hydrogen-bond acceptors (Lipinski definition) is 4. The number of fused-ring (bicyclic) bond motifs is 5. The molecule has 0 unspecified atom stereocenters. The van der Waals surface area contributed by atoms with Gasteiger partial charge in [0.2, 0.25) is 0 Å². The van der Waals surface area contributed by atoms with Crippen molar-refractivity contribution in [1.82, 2.24) is 0 Å². The summed E-state index contributed by atoms with van der Waals surface area (Å²) in [4.78, 5) is 25.6. The zero-order chi connectivity index (χ0) is 19.5. The number of esters is 2. The molecule has 146 valence electrons. The second-order valence-electron chi connectivity index (χ2n) is 8.44. The van der Waals surface area contributed by atoms with Crippen LogP contribution in [0.4, 0.5) is 0 Å². The minimum atomic E-state index is -0.700. The van der Waals surface area contributed by atoms with E-state index in [-0.39, 0.29) is 23.8 Å². The highest BCUT2D eigenvalue weighted by molar-refractivity contribution is 5.98. The lowest BCUT2D eigenvalue weighted by Crippen LogP contribution is -2.62. The molecule has 4 heteroatoms. The normalized spacial score (nSPS) is 34.1. The van der Waals surface area contributed by atoms with Crippen LogP contribution in [0.2, 0.25) is 0 Å². The molecule has 0 N–H and O–H groups in total.